The molecular weight excluding hydrogens is 314 g/mol. The van der Waals surface area contributed by atoms with Gasteiger partial charge in [0.05, 0.1) is 17.5 Å². The van der Waals surface area contributed by atoms with Crippen molar-refractivity contribution in [3.63, 3.8) is 0 Å². The second kappa shape index (κ2) is 6.60. The highest BCUT2D eigenvalue weighted by Crippen LogP contribution is 2.19. The number of hydrogen-bond acceptors (Lipinski definition) is 3. The first kappa shape index (κ1) is 16.7. The van der Waals surface area contributed by atoms with E-state index in [0.29, 0.717) is 6.42 Å². The van der Waals surface area contributed by atoms with Crippen molar-refractivity contribution in [1.29, 1.82) is 0 Å². The Morgan fingerprint density at radius 1 is 1.41 bits per heavy atom. The molecule has 0 spiro atoms. The van der Waals surface area contributed by atoms with Gasteiger partial charge in [-0.15, -0.1) is 0 Å². The van der Waals surface area contributed by atoms with E-state index in [4.69, 9.17) is 0 Å². The molecule has 2 amide bonds. The first-order chi connectivity index (χ1) is 10.3. The molecular formula is C14H18F2N2O3S. The molecule has 8 heteroatoms. The SMILES string of the molecule is C[C@H](NC(=O)NC[C@H]1CCS(=O)(=O)C1)c1cc(F)ccc1F. The Bertz CT molecular complexity index is 664. The van der Waals surface area contributed by atoms with Gasteiger partial charge in [0.1, 0.15) is 11.6 Å². The molecule has 1 aliphatic heterocycles. The predicted molar refractivity (Wildman–Crippen MR) is 78.1 cm³/mol. The van der Waals surface area contributed by atoms with Crippen LogP contribution in [-0.4, -0.2) is 32.5 Å². The van der Waals surface area contributed by atoms with Gasteiger partial charge in [-0.05, 0) is 37.5 Å². The van der Waals surface area contributed by atoms with E-state index in [0.717, 1.165) is 18.2 Å². The quantitative estimate of drug-likeness (QED) is 0.882. The minimum absolute atomic E-state index is 0.0543. The van der Waals surface area contributed by atoms with Crippen molar-refractivity contribution in [3.8, 4) is 0 Å². The Balaban J connectivity index is 1.85. The van der Waals surface area contributed by atoms with Crippen molar-refractivity contribution in [1.82, 2.24) is 10.6 Å². The Morgan fingerprint density at radius 2 is 2.14 bits per heavy atom. The summed E-state index contributed by atoms with van der Waals surface area (Å²) in [7, 11) is -2.98. The Hall–Kier alpha value is -1.70. The van der Waals surface area contributed by atoms with E-state index in [1.165, 1.54) is 6.92 Å². The lowest BCUT2D eigenvalue weighted by Crippen LogP contribution is -2.39. The van der Waals surface area contributed by atoms with Crippen LogP contribution in [0.25, 0.3) is 0 Å². The molecule has 2 N–H and O–H groups in total. The molecule has 1 aliphatic rings. The largest absolute Gasteiger partial charge is 0.338 e. The number of nitrogens with one attached hydrogen (secondary N) is 2. The van der Waals surface area contributed by atoms with Crippen molar-refractivity contribution < 1.29 is 22.0 Å². The Morgan fingerprint density at radius 3 is 2.77 bits per heavy atom. The molecule has 122 valence electrons. The number of rotatable bonds is 4. The van der Waals surface area contributed by atoms with Crippen molar-refractivity contribution >= 4 is 15.9 Å². The van der Waals surface area contributed by atoms with Crippen molar-refractivity contribution in [3.05, 3.63) is 35.4 Å². The van der Waals surface area contributed by atoms with Gasteiger partial charge in [-0.1, -0.05) is 0 Å². The zero-order valence-corrected chi connectivity index (χ0v) is 12.9. The van der Waals surface area contributed by atoms with Crippen LogP contribution < -0.4 is 10.6 Å². The molecule has 0 radical (unpaired) electrons. The van der Waals surface area contributed by atoms with E-state index in [1.54, 1.807) is 0 Å². The summed E-state index contributed by atoms with van der Waals surface area (Å²) in [6.45, 7) is 1.78. The maximum Gasteiger partial charge on any atom is 0.315 e. The number of halogens is 2. The lowest BCUT2D eigenvalue weighted by molar-refractivity contribution is 0.236. The summed E-state index contributed by atoms with van der Waals surface area (Å²) in [6, 6.07) is 1.79. The molecule has 1 aromatic carbocycles. The second-order valence-corrected chi connectivity index (χ2v) is 7.74. The number of carbonyl (C=O) groups is 1. The molecule has 2 atom stereocenters. The van der Waals surface area contributed by atoms with Crippen LogP contribution in [0, 0.1) is 17.6 Å². The molecule has 5 nitrogen and oxygen atoms in total. The molecule has 1 saturated heterocycles. The summed E-state index contributed by atoms with van der Waals surface area (Å²) in [5, 5.41) is 5.07. The van der Waals surface area contributed by atoms with E-state index in [1.807, 2.05) is 0 Å². The van der Waals surface area contributed by atoms with Gasteiger partial charge >= 0.3 is 6.03 Å². The van der Waals surface area contributed by atoms with Gasteiger partial charge in [0, 0.05) is 12.1 Å². The number of amides is 2. The molecule has 1 fully saturated rings. The molecule has 0 saturated carbocycles. The number of benzene rings is 1. The average Bonchev–Trinajstić information content (AvgIpc) is 2.78. The van der Waals surface area contributed by atoms with E-state index in [2.05, 4.69) is 10.6 Å². The molecule has 0 bridgehead atoms. The third kappa shape index (κ3) is 4.40. The maximum atomic E-state index is 13.6. The van der Waals surface area contributed by atoms with Crippen LogP contribution in [-0.2, 0) is 9.84 Å². The molecule has 0 aromatic heterocycles. The number of carbonyl (C=O) groups excluding carboxylic acids is 1. The average molecular weight is 332 g/mol. The standard InChI is InChI=1S/C14H18F2N2O3S/c1-9(12-6-11(15)2-3-13(12)16)18-14(19)17-7-10-4-5-22(20,21)8-10/h2-3,6,9-10H,4-5,7-8H2,1H3,(H2,17,18,19)/t9-,10+/m0/s1. The molecule has 0 unspecified atom stereocenters. The minimum atomic E-state index is -2.98. The van der Waals surface area contributed by atoms with Gasteiger partial charge < -0.3 is 10.6 Å². The zero-order chi connectivity index (χ0) is 16.3. The van der Waals surface area contributed by atoms with E-state index in [9.17, 15) is 22.0 Å². The first-order valence-electron chi connectivity index (χ1n) is 6.96. The molecule has 1 heterocycles. The van der Waals surface area contributed by atoms with Crippen molar-refractivity contribution in [2.75, 3.05) is 18.1 Å². The van der Waals surface area contributed by atoms with Crippen LogP contribution in [0.2, 0.25) is 0 Å². The van der Waals surface area contributed by atoms with Gasteiger partial charge in [0.25, 0.3) is 0 Å². The highest BCUT2D eigenvalue weighted by atomic mass is 32.2. The Kier molecular flexibility index (Phi) is 5.00. The van der Waals surface area contributed by atoms with Crippen LogP contribution in [0.5, 0.6) is 0 Å². The summed E-state index contributed by atoms with van der Waals surface area (Å²) in [5.74, 6) is -1.07. The topological polar surface area (TPSA) is 75.3 Å². The number of urea groups is 1. The van der Waals surface area contributed by atoms with Gasteiger partial charge in [-0.3, -0.25) is 0 Å². The number of hydrogen-bond donors (Lipinski definition) is 2. The lowest BCUT2D eigenvalue weighted by atomic mass is 10.1. The molecule has 22 heavy (non-hydrogen) atoms. The van der Waals surface area contributed by atoms with Crippen LogP contribution in [0.1, 0.15) is 24.9 Å². The second-order valence-electron chi connectivity index (χ2n) is 5.51. The minimum Gasteiger partial charge on any atom is -0.338 e. The summed E-state index contributed by atoms with van der Waals surface area (Å²) in [6.07, 6.45) is 0.524. The smallest absolute Gasteiger partial charge is 0.315 e. The lowest BCUT2D eigenvalue weighted by Gasteiger charge is -2.17. The van der Waals surface area contributed by atoms with Crippen LogP contribution in [0.3, 0.4) is 0 Å². The third-order valence-electron chi connectivity index (χ3n) is 3.65. The highest BCUT2D eigenvalue weighted by molar-refractivity contribution is 7.91. The Labute approximate surface area is 128 Å². The number of sulfone groups is 1. The predicted octanol–water partition coefficient (Wildman–Crippen LogP) is 1.76. The van der Waals surface area contributed by atoms with Gasteiger partial charge in [-0.2, -0.15) is 0 Å². The zero-order valence-electron chi connectivity index (χ0n) is 12.1. The molecule has 0 aliphatic carbocycles. The van der Waals surface area contributed by atoms with Crippen molar-refractivity contribution in [2.45, 2.75) is 19.4 Å². The monoisotopic (exact) mass is 332 g/mol. The fourth-order valence-corrected chi connectivity index (χ4v) is 4.30. The third-order valence-corrected chi connectivity index (χ3v) is 5.49. The van der Waals surface area contributed by atoms with Crippen LogP contribution in [0.4, 0.5) is 13.6 Å². The van der Waals surface area contributed by atoms with Crippen LogP contribution in [0.15, 0.2) is 18.2 Å². The highest BCUT2D eigenvalue weighted by Gasteiger charge is 2.28. The normalized spacial score (nSPS) is 21.3. The summed E-state index contributed by atoms with van der Waals surface area (Å²) in [4.78, 5) is 11.8. The van der Waals surface area contributed by atoms with E-state index in [-0.39, 0.29) is 29.5 Å². The summed E-state index contributed by atoms with van der Waals surface area (Å²) in [5.41, 5.74) is 0.0543. The van der Waals surface area contributed by atoms with E-state index < -0.39 is 33.5 Å². The van der Waals surface area contributed by atoms with Gasteiger partial charge in [0.15, 0.2) is 9.84 Å². The van der Waals surface area contributed by atoms with Gasteiger partial charge in [-0.25, -0.2) is 22.0 Å². The fraction of sp³-hybridized carbons (Fsp3) is 0.500. The maximum absolute atomic E-state index is 13.6. The van der Waals surface area contributed by atoms with E-state index >= 15 is 0 Å². The first-order valence-corrected chi connectivity index (χ1v) is 8.79. The molecule has 2 rings (SSSR count). The van der Waals surface area contributed by atoms with Gasteiger partial charge in [0.2, 0.25) is 0 Å². The summed E-state index contributed by atoms with van der Waals surface area (Å²) < 4.78 is 49.3. The fourth-order valence-electron chi connectivity index (χ4n) is 2.44. The van der Waals surface area contributed by atoms with Crippen LogP contribution >= 0.6 is 0 Å². The molecule has 1 aromatic rings. The van der Waals surface area contributed by atoms with Crippen molar-refractivity contribution in [2.24, 2.45) is 5.92 Å². The summed E-state index contributed by atoms with van der Waals surface area (Å²) >= 11 is 0.